The number of benzene rings is 2. The zero-order chi connectivity index (χ0) is 21.9. The average molecular weight is 469 g/mol. The van der Waals surface area contributed by atoms with E-state index >= 15 is 0 Å². The molecule has 1 saturated heterocycles. The predicted molar refractivity (Wildman–Crippen MR) is 121 cm³/mol. The van der Waals surface area contributed by atoms with Crippen LogP contribution in [0.1, 0.15) is 30.1 Å². The van der Waals surface area contributed by atoms with Gasteiger partial charge in [0.15, 0.2) is 0 Å². The first-order valence-electron chi connectivity index (χ1n) is 9.59. The maximum absolute atomic E-state index is 13.1. The minimum Gasteiger partial charge on any atom is -0.495 e. The SMILES string of the molecule is COc1ccc(Cl)cc1NS(=O)(=O)c1ccc(SC)c(C(=O)N2CCC(C)CC2)c1. The first-order chi connectivity index (χ1) is 14.2. The fourth-order valence-corrected chi connectivity index (χ4v) is 5.20. The van der Waals surface area contributed by atoms with E-state index in [1.54, 1.807) is 23.1 Å². The molecule has 162 valence electrons. The normalized spacial score (nSPS) is 15.1. The smallest absolute Gasteiger partial charge is 0.262 e. The van der Waals surface area contributed by atoms with Crippen molar-refractivity contribution >= 4 is 45.0 Å². The van der Waals surface area contributed by atoms with E-state index < -0.39 is 10.0 Å². The zero-order valence-electron chi connectivity index (χ0n) is 17.1. The van der Waals surface area contributed by atoms with Gasteiger partial charge in [-0.1, -0.05) is 18.5 Å². The molecule has 1 amide bonds. The van der Waals surface area contributed by atoms with Gasteiger partial charge in [-0.25, -0.2) is 8.42 Å². The number of hydrogen-bond acceptors (Lipinski definition) is 5. The summed E-state index contributed by atoms with van der Waals surface area (Å²) in [7, 11) is -2.50. The number of piperidine rings is 1. The number of methoxy groups -OCH3 is 1. The Hall–Kier alpha value is -1.90. The summed E-state index contributed by atoms with van der Waals surface area (Å²) in [5.74, 6) is 0.809. The molecule has 2 aromatic rings. The number of rotatable bonds is 6. The lowest BCUT2D eigenvalue weighted by atomic mass is 9.98. The van der Waals surface area contributed by atoms with Gasteiger partial charge >= 0.3 is 0 Å². The van der Waals surface area contributed by atoms with Crippen LogP contribution in [0.2, 0.25) is 5.02 Å². The number of nitrogens with one attached hydrogen (secondary N) is 1. The lowest BCUT2D eigenvalue weighted by Crippen LogP contribution is -2.38. The molecule has 1 heterocycles. The highest BCUT2D eigenvalue weighted by atomic mass is 35.5. The second-order valence-corrected chi connectivity index (χ2v) is 10.3. The molecule has 0 spiro atoms. The van der Waals surface area contributed by atoms with Gasteiger partial charge in [-0.05, 0) is 61.4 Å². The number of carbonyl (C=O) groups excluding carboxylic acids is 1. The minimum absolute atomic E-state index is 0.0102. The Morgan fingerprint density at radius 2 is 1.90 bits per heavy atom. The summed E-state index contributed by atoms with van der Waals surface area (Å²) >= 11 is 7.43. The van der Waals surface area contributed by atoms with Gasteiger partial charge in [-0.15, -0.1) is 11.8 Å². The molecule has 1 aliphatic rings. The van der Waals surface area contributed by atoms with Crippen LogP contribution in [0.3, 0.4) is 0 Å². The van der Waals surface area contributed by atoms with Crippen molar-refractivity contribution in [2.45, 2.75) is 29.6 Å². The van der Waals surface area contributed by atoms with Crippen molar-refractivity contribution in [2.24, 2.45) is 5.92 Å². The van der Waals surface area contributed by atoms with E-state index in [4.69, 9.17) is 16.3 Å². The fourth-order valence-electron chi connectivity index (χ4n) is 3.37. The minimum atomic E-state index is -3.95. The standard InChI is InChI=1S/C21H25ClN2O4S2/c1-14-8-10-24(11-9-14)21(25)17-13-16(5-7-20(17)29-3)30(26,27)23-18-12-15(22)4-6-19(18)28-2/h4-7,12-14,23H,8-11H2,1-3H3. The van der Waals surface area contributed by atoms with Gasteiger partial charge in [-0.2, -0.15) is 0 Å². The van der Waals surface area contributed by atoms with E-state index in [1.807, 2.05) is 6.26 Å². The van der Waals surface area contributed by atoms with E-state index in [0.717, 1.165) is 17.7 Å². The quantitative estimate of drug-likeness (QED) is 0.619. The summed E-state index contributed by atoms with van der Waals surface area (Å²) in [6, 6.07) is 9.31. The van der Waals surface area contributed by atoms with Crippen molar-refractivity contribution in [1.82, 2.24) is 4.90 Å². The number of halogens is 1. The number of nitrogens with zero attached hydrogens (tertiary/aromatic N) is 1. The number of hydrogen-bond donors (Lipinski definition) is 1. The molecule has 3 rings (SSSR count). The lowest BCUT2D eigenvalue weighted by molar-refractivity contribution is 0.0693. The highest BCUT2D eigenvalue weighted by Gasteiger charge is 2.26. The van der Waals surface area contributed by atoms with Crippen LogP contribution in [0, 0.1) is 5.92 Å². The highest BCUT2D eigenvalue weighted by Crippen LogP contribution is 2.31. The molecule has 0 aliphatic carbocycles. The zero-order valence-corrected chi connectivity index (χ0v) is 19.5. The van der Waals surface area contributed by atoms with Crippen molar-refractivity contribution in [1.29, 1.82) is 0 Å². The van der Waals surface area contributed by atoms with Crippen LogP contribution in [-0.4, -0.2) is 45.7 Å². The van der Waals surface area contributed by atoms with Crippen molar-refractivity contribution < 1.29 is 17.9 Å². The second-order valence-electron chi connectivity index (χ2n) is 7.29. The molecule has 2 aromatic carbocycles. The van der Waals surface area contributed by atoms with E-state index in [0.29, 0.717) is 35.3 Å². The third-order valence-electron chi connectivity index (χ3n) is 5.19. The molecule has 9 heteroatoms. The van der Waals surface area contributed by atoms with Gasteiger partial charge in [0.2, 0.25) is 0 Å². The molecule has 30 heavy (non-hydrogen) atoms. The third-order valence-corrected chi connectivity index (χ3v) is 7.58. The molecule has 1 fully saturated rings. The number of sulfonamides is 1. The summed E-state index contributed by atoms with van der Waals surface area (Å²) in [6.45, 7) is 3.55. The first kappa shape index (κ1) is 22.8. The topological polar surface area (TPSA) is 75.7 Å². The molecular weight excluding hydrogens is 444 g/mol. The molecule has 0 bridgehead atoms. The number of carbonyl (C=O) groups is 1. The Balaban J connectivity index is 1.93. The Bertz CT molecular complexity index is 1040. The largest absolute Gasteiger partial charge is 0.495 e. The van der Waals surface area contributed by atoms with E-state index in [2.05, 4.69) is 11.6 Å². The van der Waals surface area contributed by atoms with E-state index in [9.17, 15) is 13.2 Å². The second kappa shape index (κ2) is 9.49. The average Bonchev–Trinajstić information content (AvgIpc) is 2.73. The van der Waals surface area contributed by atoms with Gasteiger partial charge in [0.1, 0.15) is 5.75 Å². The summed E-state index contributed by atoms with van der Waals surface area (Å²) < 4.78 is 33.8. The molecule has 0 atom stereocenters. The van der Waals surface area contributed by atoms with Crippen molar-refractivity contribution in [2.75, 3.05) is 31.2 Å². The molecule has 1 aliphatic heterocycles. The third kappa shape index (κ3) is 5.04. The van der Waals surface area contributed by atoms with Gasteiger partial charge in [0.25, 0.3) is 15.9 Å². The fraction of sp³-hybridized carbons (Fsp3) is 0.381. The van der Waals surface area contributed by atoms with Gasteiger partial charge < -0.3 is 9.64 Å². The van der Waals surface area contributed by atoms with Crippen LogP contribution in [0.4, 0.5) is 5.69 Å². The van der Waals surface area contributed by atoms with Crippen molar-refractivity contribution in [3.63, 3.8) is 0 Å². The van der Waals surface area contributed by atoms with Gasteiger partial charge in [-0.3, -0.25) is 9.52 Å². The lowest BCUT2D eigenvalue weighted by Gasteiger charge is -2.30. The number of ether oxygens (including phenoxy) is 1. The Labute approximate surface area is 187 Å². The van der Waals surface area contributed by atoms with E-state index in [-0.39, 0.29) is 16.5 Å². The molecule has 0 radical (unpaired) electrons. The molecule has 0 unspecified atom stereocenters. The Kier molecular flexibility index (Phi) is 7.21. The van der Waals surface area contributed by atoms with Crippen LogP contribution in [0.15, 0.2) is 46.2 Å². The Morgan fingerprint density at radius 3 is 2.53 bits per heavy atom. The van der Waals surface area contributed by atoms with Crippen LogP contribution in [-0.2, 0) is 10.0 Å². The maximum atomic E-state index is 13.1. The van der Waals surface area contributed by atoms with Crippen LogP contribution in [0.5, 0.6) is 5.75 Å². The van der Waals surface area contributed by atoms with Crippen LogP contribution in [0.25, 0.3) is 0 Å². The molecule has 6 nitrogen and oxygen atoms in total. The molecule has 0 aromatic heterocycles. The highest BCUT2D eigenvalue weighted by molar-refractivity contribution is 7.98. The number of amides is 1. The monoisotopic (exact) mass is 468 g/mol. The number of likely N-dealkylation sites (tertiary alicyclic amines) is 1. The maximum Gasteiger partial charge on any atom is 0.262 e. The predicted octanol–water partition coefficient (Wildman–Crippen LogP) is 4.74. The van der Waals surface area contributed by atoms with Crippen molar-refractivity contribution in [3.05, 3.63) is 47.0 Å². The molecule has 0 saturated carbocycles. The number of anilines is 1. The summed E-state index contributed by atoms with van der Waals surface area (Å²) in [6.07, 6.45) is 3.77. The molecular formula is C21H25ClN2O4S2. The number of thioether (sulfide) groups is 1. The van der Waals surface area contributed by atoms with Gasteiger partial charge in [0, 0.05) is 23.0 Å². The van der Waals surface area contributed by atoms with Crippen LogP contribution < -0.4 is 9.46 Å². The first-order valence-corrected chi connectivity index (χ1v) is 12.7. The summed E-state index contributed by atoms with van der Waals surface area (Å²) in [5.41, 5.74) is 0.634. The van der Waals surface area contributed by atoms with Crippen molar-refractivity contribution in [3.8, 4) is 5.75 Å². The Morgan fingerprint density at radius 1 is 1.20 bits per heavy atom. The van der Waals surface area contributed by atoms with Crippen LogP contribution >= 0.6 is 23.4 Å². The molecule has 1 N–H and O–H groups in total. The van der Waals surface area contributed by atoms with E-state index in [1.165, 1.54) is 37.1 Å². The van der Waals surface area contributed by atoms with Gasteiger partial charge in [0.05, 0.1) is 23.3 Å². The summed E-state index contributed by atoms with van der Waals surface area (Å²) in [5, 5.41) is 0.376. The summed E-state index contributed by atoms with van der Waals surface area (Å²) in [4.78, 5) is 15.7.